The fraction of sp³-hybridized carbons (Fsp3) is 0.483. The van der Waals surface area contributed by atoms with Gasteiger partial charge >= 0.3 is 0 Å². The Hall–Kier alpha value is -2.75. The maximum absolute atomic E-state index is 14.0. The van der Waals surface area contributed by atoms with Gasteiger partial charge in [0.1, 0.15) is 11.6 Å². The van der Waals surface area contributed by atoms with Gasteiger partial charge in [0.25, 0.3) is 0 Å². The molecule has 8 nitrogen and oxygen atoms in total. The Morgan fingerprint density at radius 3 is 2.47 bits per heavy atom. The number of hydrogen-bond donors (Lipinski definition) is 3. The molecule has 0 aliphatic carbocycles. The monoisotopic (exact) mass is 583 g/mol. The number of amides is 3. The van der Waals surface area contributed by atoms with Crippen molar-refractivity contribution in [1.82, 2.24) is 10.2 Å². The molecule has 38 heavy (non-hydrogen) atoms. The Bertz CT molecular complexity index is 1200. The van der Waals surface area contributed by atoms with E-state index in [1.165, 1.54) is 0 Å². The second kappa shape index (κ2) is 10.8. The lowest BCUT2D eigenvalue weighted by molar-refractivity contribution is -0.140. The highest BCUT2D eigenvalue weighted by Gasteiger charge is 2.76. The van der Waals surface area contributed by atoms with Crippen LogP contribution in [0.15, 0.2) is 48.5 Å². The minimum Gasteiger partial charge on any atom is -0.396 e. The smallest absolute Gasteiger partial charge is 0.250 e. The van der Waals surface area contributed by atoms with Crippen LogP contribution in [0.5, 0.6) is 0 Å². The van der Waals surface area contributed by atoms with E-state index in [9.17, 15) is 19.5 Å². The lowest BCUT2D eigenvalue weighted by Crippen LogP contribution is -2.54. The number of carbonyl (C=O) groups is 3. The molecule has 202 valence electrons. The summed E-state index contributed by atoms with van der Waals surface area (Å²) in [5.41, 5.74) is 2.43. The van der Waals surface area contributed by atoms with Crippen LogP contribution < -0.4 is 10.6 Å². The standard InChI is InChI=1S/C29H34BrN3O5/c1-17-9-8-10-18(2)23(17)32-27(36)25-29-15-20(30)24(38-29)21(22(29)28(37)33(25)13-6-7-14-34)26(35)31-16-19-11-4-3-5-12-19/h3-5,8-12,20-22,24-25,34H,6-7,13-16H2,1-2H3,(H,31,35)(H,32,36)/t20?,21-,22-,24-,25?,29?/m0/s1. The van der Waals surface area contributed by atoms with Crippen molar-refractivity contribution in [2.24, 2.45) is 11.8 Å². The van der Waals surface area contributed by atoms with Crippen LogP contribution in [0.1, 0.15) is 36.0 Å². The molecule has 3 fully saturated rings. The topological polar surface area (TPSA) is 108 Å². The molecule has 2 bridgehead atoms. The van der Waals surface area contributed by atoms with Crippen molar-refractivity contribution < 1.29 is 24.2 Å². The summed E-state index contributed by atoms with van der Waals surface area (Å²) in [6.07, 6.45) is 1.01. The normalized spacial score (nSPS) is 29.4. The number of nitrogens with zero attached hydrogens (tertiary/aromatic N) is 1. The number of ether oxygens (including phenoxy) is 1. The van der Waals surface area contributed by atoms with Crippen LogP contribution in [0, 0.1) is 25.7 Å². The minimum atomic E-state index is -1.11. The van der Waals surface area contributed by atoms with Crippen LogP contribution in [0.3, 0.4) is 0 Å². The Kier molecular flexibility index (Phi) is 7.62. The van der Waals surface area contributed by atoms with Crippen molar-refractivity contribution in [3.05, 3.63) is 65.2 Å². The van der Waals surface area contributed by atoms with E-state index in [-0.39, 0.29) is 29.2 Å². The van der Waals surface area contributed by atoms with E-state index in [0.29, 0.717) is 32.4 Å². The van der Waals surface area contributed by atoms with Gasteiger partial charge < -0.3 is 25.4 Å². The maximum atomic E-state index is 14.0. The van der Waals surface area contributed by atoms with Gasteiger partial charge in [0, 0.05) is 30.2 Å². The molecule has 3 heterocycles. The number of anilines is 1. The van der Waals surface area contributed by atoms with Crippen LogP contribution in [0.4, 0.5) is 5.69 Å². The SMILES string of the molecule is Cc1cccc(C)c1NC(=O)C1N(CCCCO)C(=O)[C@@H]2[C@H](C(=O)NCc3ccccc3)[C@H]3OC12CC3Br. The van der Waals surface area contributed by atoms with Gasteiger partial charge in [-0.1, -0.05) is 64.5 Å². The van der Waals surface area contributed by atoms with E-state index in [1.54, 1.807) is 4.90 Å². The quantitative estimate of drug-likeness (QED) is 0.310. The fourth-order valence-corrected chi connectivity index (χ4v) is 7.41. The summed E-state index contributed by atoms with van der Waals surface area (Å²) >= 11 is 3.70. The molecule has 3 amide bonds. The van der Waals surface area contributed by atoms with Crippen LogP contribution in [0.25, 0.3) is 0 Å². The summed E-state index contributed by atoms with van der Waals surface area (Å²) in [6.45, 7) is 4.52. The number of halogens is 1. The third-order valence-corrected chi connectivity index (χ3v) is 9.03. The highest BCUT2D eigenvalue weighted by molar-refractivity contribution is 9.09. The van der Waals surface area contributed by atoms with Gasteiger partial charge in [-0.05, 0) is 49.8 Å². The minimum absolute atomic E-state index is 0.00242. The zero-order valence-corrected chi connectivity index (χ0v) is 23.2. The molecule has 1 spiro atoms. The van der Waals surface area contributed by atoms with Gasteiger partial charge in [0.15, 0.2) is 0 Å². The number of benzene rings is 2. The third kappa shape index (κ3) is 4.54. The molecule has 5 rings (SSSR count). The van der Waals surface area contributed by atoms with Crippen molar-refractivity contribution in [3.8, 4) is 0 Å². The van der Waals surface area contributed by atoms with Crippen molar-refractivity contribution in [2.45, 2.75) is 62.2 Å². The molecule has 2 aromatic carbocycles. The van der Waals surface area contributed by atoms with E-state index in [4.69, 9.17) is 4.74 Å². The van der Waals surface area contributed by atoms with Gasteiger partial charge in [0.2, 0.25) is 17.7 Å². The molecule has 0 radical (unpaired) electrons. The van der Waals surface area contributed by atoms with Crippen molar-refractivity contribution in [3.63, 3.8) is 0 Å². The van der Waals surface area contributed by atoms with Gasteiger partial charge in [-0.15, -0.1) is 0 Å². The molecule has 2 aromatic rings. The van der Waals surface area contributed by atoms with E-state index >= 15 is 0 Å². The van der Waals surface area contributed by atoms with Crippen molar-refractivity contribution >= 4 is 39.3 Å². The molecule has 3 saturated heterocycles. The first-order valence-electron chi connectivity index (χ1n) is 13.2. The highest BCUT2D eigenvalue weighted by atomic mass is 79.9. The Labute approximate surface area is 231 Å². The van der Waals surface area contributed by atoms with E-state index in [2.05, 4.69) is 26.6 Å². The molecule has 9 heteroatoms. The number of carbonyl (C=O) groups excluding carboxylic acids is 3. The average Bonchev–Trinajstić information content (AvgIpc) is 3.49. The van der Waals surface area contributed by atoms with Crippen molar-refractivity contribution in [2.75, 3.05) is 18.5 Å². The highest BCUT2D eigenvalue weighted by Crippen LogP contribution is 2.60. The molecule has 0 aromatic heterocycles. The number of fused-ring (bicyclic) bond motifs is 1. The summed E-state index contributed by atoms with van der Waals surface area (Å²) in [7, 11) is 0. The summed E-state index contributed by atoms with van der Waals surface area (Å²) < 4.78 is 6.54. The van der Waals surface area contributed by atoms with Crippen LogP contribution in [0.2, 0.25) is 0 Å². The lowest BCUT2D eigenvalue weighted by Gasteiger charge is -2.34. The number of nitrogens with one attached hydrogen (secondary N) is 2. The first-order valence-corrected chi connectivity index (χ1v) is 14.1. The van der Waals surface area contributed by atoms with E-state index in [0.717, 1.165) is 22.4 Å². The number of aliphatic hydroxyl groups excluding tert-OH is 1. The number of aliphatic hydroxyl groups is 1. The number of alkyl halides is 1. The van der Waals surface area contributed by atoms with Gasteiger partial charge in [0.05, 0.1) is 17.9 Å². The van der Waals surface area contributed by atoms with Gasteiger partial charge in [-0.25, -0.2) is 0 Å². The molecule has 3 N–H and O–H groups in total. The van der Waals surface area contributed by atoms with Gasteiger partial charge in [-0.3, -0.25) is 14.4 Å². The molecule has 3 aliphatic rings. The molecular weight excluding hydrogens is 550 g/mol. The zero-order chi connectivity index (χ0) is 27.0. The van der Waals surface area contributed by atoms with Crippen LogP contribution in [-0.4, -0.2) is 63.5 Å². The van der Waals surface area contributed by atoms with E-state index in [1.807, 2.05) is 62.4 Å². The van der Waals surface area contributed by atoms with E-state index < -0.39 is 29.6 Å². The molecule has 3 aliphatic heterocycles. The zero-order valence-electron chi connectivity index (χ0n) is 21.7. The largest absolute Gasteiger partial charge is 0.396 e. The third-order valence-electron chi connectivity index (χ3n) is 8.19. The first-order chi connectivity index (χ1) is 18.3. The lowest BCUT2D eigenvalue weighted by atomic mass is 9.70. The summed E-state index contributed by atoms with van der Waals surface area (Å²) in [5, 5.41) is 15.4. The summed E-state index contributed by atoms with van der Waals surface area (Å²) in [5.74, 6) is -2.24. The number of rotatable bonds is 9. The number of unbranched alkanes of at least 4 members (excludes halogenated alkanes) is 1. The summed E-state index contributed by atoms with van der Waals surface area (Å²) in [4.78, 5) is 42.9. The second-order valence-electron chi connectivity index (χ2n) is 10.6. The predicted molar refractivity (Wildman–Crippen MR) is 147 cm³/mol. The van der Waals surface area contributed by atoms with Gasteiger partial charge in [-0.2, -0.15) is 0 Å². The molecule has 6 atom stereocenters. The second-order valence-corrected chi connectivity index (χ2v) is 11.8. The first kappa shape index (κ1) is 26.8. The predicted octanol–water partition coefficient (Wildman–Crippen LogP) is 3.08. The number of para-hydroxylation sites is 1. The summed E-state index contributed by atoms with van der Waals surface area (Å²) in [6, 6.07) is 14.5. The Morgan fingerprint density at radius 1 is 1.08 bits per heavy atom. The average molecular weight is 585 g/mol. The molecular formula is C29H34BrN3O5. The van der Waals surface area contributed by atoms with Crippen LogP contribution >= 0.6 is 15.9 Å². The number of hydrogen-bond acceptors (Lipinski definition) is 5. The Morgan fingerprint density at radius 2 is 1.79 bits per heavy atom. The van der Waals surface area contributed by atoms with Crippen LogP contribution in [-0.2, 0) is 25.7 Å². The fourth-order valence-electron chi connectivity index (χ4n) is 6.47. The molecule has 0 saturated carbocycles. The Balaban J connectivity index is 1.46. The van der Waals surface area contributed by atoms with Crippen molar-refractivity contribution in [1.29, 1.82) is 0 Å². The number of aryl methyl sites for hydroxylation is 2. The maximum Gasteiger partial charge on any atom is 0.250 e. The molecule has 3 unspecified atom stereocenters. The number of likely N-dealkylation sites (tertiary alicyclic amines) is 1.